The smallest absolute Gasteiger partial charge is 0.231 e. The second kappa shape index (κ2) is 7.50. The van der Waals surface area contributed by atoms with Crippen molar-refractivity contribution in [2.24, 2.45) is 0 Å². The number of nitrogens with zero attached hydrogens (tertiary/aromatic N) is 3. The third-order valence-corrected chi connectivity index (χ3v) is 4.97. The van der Waals surface area contributed by atoms with E-state index in [-0.39, 0.29) is 11.5 Å². The quantitative estimate of drug-likeness (QED) is 0.686. The van der Waals surface area contributed by atoms with Crippen LogP contribution in [0.2, 0.25) is 0 Å². The Labute approximate surface area is 162 Å². The van der Waals surface area contributed by atoms with E-state index < -0.39 is 0 Å². The molecular formula is C21H23N3O4. The minimum absolute atomic E-state index is 0.0545. The van der Waals surface area contributed by atoms with Gasteiger partial charge in [-0.25, -0.2) is 4.98 Å². The molecule has 0 aliphatic carbocycles. The molecular weight excluding hydrogens is 358 g/mol. The summed E-state index contributed by atoms with van der Waals surface area (Å²) in [6.45, 7) is 5.39. The zero-order chi connectivity index (χ0) is 19.7. The van der Waals surface area contributed by atoms with Crippen molar-refractivity contribution in [1.82, 2.24) is 9.97 Å². The summed E-state index contributed by atoms with van der Waals surface area (Å²) >= 11 is 0. The molecule has 146 valence electrons. The number of pyridine rings is 2. The molecule has 1 aliphatic heterocycles. The Kier molecular flexibility index (Phi) is 4.90. The van der Waals surface area contributed by atoms with Crippen LogP contribution in [0.15, 0.2) is 39.7 Å². The first kappa shape index (κ1) is 18.3. The van der Waals surface area contributed by atoms with Crippen molar-refractivity contribution in [1.29, 1.82) is 0 Å². The lowest BCUT2D eigenvalue weighted by Crippen LogP contribution is -2.39. The number of piperidine rings is 1. The van der Waals surface area contributed by atoms with Crippen molar-refractivity contribution in [2.45, 2.75) is 32.8 Å². The highest BCUT2D eigenvalue weighted by molar-refractivity contribution is 5.76. The summed E-state index contributed by atoms with van der Waals surface area (Å²) in [6, 6.07) is 7.04. The van der Waals surface area contributed by atoms with E-state index in [1.54, 1.807) is 26.3 Å². The van der Waals surface area contributed by atoms with Crippen LogP contribution >= 0.6 is 0 Å². The lowest BCUT2D eigenvalue weighted by Gasteiger charge is -2.33. The van der Waals surface area contributed by atoms with Gasteiger partial charge in [-0.3, -0.25) is 4.79 Å². The van der Waals surface area contributed by atoms with Gasteiger partial charge in [-0.1, -0.05) is 0 Å². The zero-order valence-corrected chi connectivity index (χ0v) is 16.3. The monoisotopic (exact) mass is 381 g/mol. The molecule has 4 rings (SSSR count). The molecule has 7 nitrogen and oxygen atoms in total. The Balaban J connectivity index is 1.47. The van der Waals surface area contributed by atoms with E-state index >= 15 is 0 Å². The third-order valence-electron chi connectivity index (χ3n) is 4.97. The van der Waals surface area contributed by atoms with E-state index in [4.69, 9.17) is 13.9 Å². The highest BCUT2D eigenvalue weighted by Gasteiger charge is 2.23. The topological polar surface area (TPSA) is 77.7 Å². The predicted octanol–water partition coefficient (Wildman–Crippen LogP) is 3.26. The lowest BCUT2D eigenvalue weighted by molar-refractivity contribution is 0.170. The average Bonchev–Trinajstić information content (AvgIpc) is 2.69. The van der Waals surface area contributed by atoms with Crippen LogP contribution in [0.1, 0.15) is 24.2 Å². The van der Waals surface area contributed by atoms with E-state index in [0.717, 1.165) is 43.1 Å². The normalized spacial score (nSPS) is 15.0. The number of hydrogen-bond donors (Lipinski definition) is 0. The van der Waals surface area contributed by atoms with Crippen LogP contribution in [-0.2, 0) is 0 Å². The van der Waals surface area contributed by atoms with Crippen LogP contribution < -0.4 is 19.8 Å². The Bertz CT molecular complexity index is 1040. The first-order chi connectivity index (χ1) is 13.5. The van der Waals surface area contributed by atoms with Crippen LogP contribution in [0, 0.1) is 13.8 Å². The highest BCUT2D eigenvalue weighted by Crippen LogP contribution is 2.26. The Morgan fingerprint density at radius 2 is 1.96 bits per heavy atom. The van der Waals surface area contributed by atoms with Crippen molar-refractivity contribution in [3.05, 3.63) is 52.0 Å². The summed E-state index contributed by atoms with van der Waals surface area (Å²) in [6.07, 6.45) is 3.57. The fourth-order valence-corrected chi connectivity index (χ4v) is 3.54. The summed E-state index contributed by atoms with van der Waals surface area (Å²) in [5.41, 5.74) is 1.32. The number of anilines is 1. The molecule has 3 aromatic rings. The molecule has 1 aliphatic rings. The average molecular weight is 381 g/mol. The first-order valence-electron chi connectivity index (χ1n) is 9.37. The molecule has 0 unspecified atom stereocenters. The molecule has 0 N–H and O–H groups in total. The van der Waals surface area contributed by atoms with Crippen molar-refractivity contribution >= 4 is 16.9 Å². The number of ether oxygens (including phenoxy) is 2. The molecule has 0 amide bonds. The molecule has 4 heterocycles. The standard InChI is InChI=1S/C21H23N3O4/c1-13-10-17-18(25)11-14(2)27-21(17)23-20(13)24-8-6-15(7-9-24)28-16-4-5-19(26-3)22-12-16/h4-5,10-12,15H,6-9H2,1-3H3. The van der Waals surface area contributed by atoms with Gasteiger partial charge in [-0.15, -0.1) is 0 Å². The first-order valence-corrected chi connectivity index (χ1v) is 9.37. The molecule has 1 fully saturated rings. The van der Waals surface area contributed by atoms with Crippen molar-refractivity contribution < 1.29 is 13.9 Å². The van der Waals surface area contributed by atoms with E-state index in [1.807, 2.05) is 19.1 Å². The van der Waals surface area contributed by atoms with E-state index in [9.17, 15) is 4.79 Å². The predicted molar refractivity (Wildman–Crippen MR) is 106 cm³/mol. The van der Waals surface area contributed by atoms with E-state index in [2.05, 4.69) is 14.9 Å². The van der Waals surface area contributed by atoms with Gasteiger partial charge >= 0.3 is 0 Å². The van der Waals surface area contributed by atoms with Gasteiger partial charge in [0.05, 0.1) is 18.7 Å². The number of aromatic nitrogens is 2. The molecule has 0 radical (unpaired) electrons. The SMILES string of the molecule is COc1ccc(OC2CCN(c3nc4oc(C)cc(=O)c4cc3C)CC2)cn1. The fourth-order valence-electron chi connectivity index (χ4n) is 3.54. The van der Waals surface area contributed by atoms with Crippen LogP contribution in [0.25, 0.3) is 11.1 Å². The van der Waals surface area contributed by atoms with Crippen LogP contribution in [0.3, 0.4) is 0 Å². The molecule has 1 saturated heterocycles. The fraction of sp³-hybridized carbons (Fsp3) is 0.381. The molecule has 0 saturated carbocycles. The van der Waals surface area contributed by atoms with Crippen molar-refractivity contribution in [3.8, 4) is 11.6 Å². The number of aryl methyl sites for hydroxylation is 2. The van der Waals surface area contributed by atoms with Gasteiger partial charge in [0.25, 0.3) is 0 Å². The molecule has 3 aromatic heterocycles. The molecule has 0 aromatic carbocycles. The minimum atomic E-state index is -0.0545. The summed E-state index contributed by atoms with van der Waals surface area (Å²) < 4.78 is 16.8. The Morgan fingerprint density at radius 1 is 1.18 bits per heavy atom. The van der Waals surface area contributed by atoms with Gasteiger partial charge in [-0.05, 0) is 31.5 Å². The molecule has 0 spiro atoms. The van der Waals surface area contributed by atoms with Crippen LogP contribution in [0.5, 0.6) is 11.6 Å². The Hall–Kier alpha value is -3.09. The minimum Gasteiger partial charge on any atom is -0.489 e. The molecule has 0 bridgehead atoms. The number of rotatable bonds is 4. The van der Waals surface area contributed by atoms with Gasteiger partial charge in [0, 0.05) is 38.1 Å². The summed E-state index contributed by atoms with van der Waals surface area (Å²) in [7, 11) is 1.59. The summed E-state index contributed by atoms with van der Waals surface area (Å²) in [5.74, 6) is 2.75. The van der Waals surface area contributed by atoms with E-state index in [1.165, 1.54) is 6.07 Å². The van der Waals surface area contributed by atoms with Crippen LogP contribution in [0.4, 0.5) is 5.82 Å². The molecule has 0 atom stereocenters. The van der Waals surface area contributed by atoms with Crippen molar-refractivity contribution in [2.75, 3.05) is 25.1 Å². The number of hydrogen-bond acceptors (Lipinski definition) is 7. The third kappa shape index (κ3) is 3.65. The van der Waals surface area contributed by atoms with Gasteiger partial charge in [0.15, 0.2) is 5.43 Å². The maximum atomic E-state index is 12.2. The summed E-state index contributed by atoms with van der Waals surface area (Å²) in [4.78, 5) is 23.2. The van der Waals surface area contributed by atoms with Gasteiger partial charge < -0.3 is 18.8 Å². The van der Waals surface area contributed by atoms with Gasteiger partial charge in [0.2, 0.25) is 11.6 Å². The molecule has 7 heteroatoms. The van der Waals surface area contributed by atoms with Gasteiger partial charge in [-0.2, -0.15) is 4.98 Å². The maximum absolute atomic E-state index is 12.2. The maximum Gasteiger partial charge on any atom is 0.231 e. The van der Waals surface area contributed by atoms with Crippen molar-refractivity contribution in [3.63, 3.8) is 0 Å². The van der Waals surface area contributed by atoms with Gasteiger partial charge in [0.1, 0.15) is 23.4 Å². The van der Waals surface area contributed by atoms with E-state index in [0.29, 0.717) is 22.7 Å². The summed E-state index contributed by atoms with van der Waals surface area (Å²) in [5, 5.41) is 0.525. The number of fused-ring (bicyclic) bond motifs is 1. The second-order valence-electron chi connectivity index (χ2n) is 7.04. The molecule has 28 heavy (non-hydrogen) atoms. The number of methoxy groups -OCH3 is 1. The Morgan fingerprint density at radius 3 is 2.64 bits per heavy atom. The lowest BCUT2D eigenvalue weighted by atomic mass is 10.1. The van der Waals surface area contributed by atoms with Crippen LogP contribution in [-0.4, -0.2) is 36.3 Å². The zero-order valence-electron chi connectivity index (χ0n) is 16.3. The highest BCUT2D eigenvalue weighted by atomic mass is 16.5. The largest absolute Gasteiger partial charge is 0.489 e. The second-order valence-corrected chi connectivity index (χ2v) is 7.04.